The van der Waals surface area contributed by atoms with E-state index in [0.717, 1.165) is 17.0 Å². The molecule has 8 nitrogen and oxygen atoms in total. The van der Waals surface area contributed by atoms with Gasteiger partial charge in [0, 0.05) is 12.1 Å². The van der Waals surface area contributed by atoms with Crippen molar-refractivity contribution in [1.82, 2.24) is 5.32 Å². The first-order valence-electron chi connectivity index (χ1n) is 11.2. The Morgan fingerprint density at radius 2 is 1.78 bits per heavy atom. The van der Waals surface area contributed by atoms with Crippen LogP contribution in [0.25, 0.3) is 0 Å². The minimum absolute atomic E-state index is 0.237. The maximum Gasteiger partial charge on any atom is 0.417 e. The van der Waals surface area contributed by atoms with Crippen LogP contribution in [0.2, 0.25) is 0 Å². The van der Waals surface area contributed by atoms with Crippen LogP contribution >= 0.6 is 0 Å². The Bertz CT molecular complexity index is 1320. The summed E-state index contributed by atoms with van der Waals surface area (Å²) in [6, 6.07) is 11.8. The number of alkyl halides is 3. The molecule has 11 heteroatoms. The van der Waals surface area contributed by atoms with Crippen LogP contribution in [0.5, 0.6) is 0 Å². The van der Waals surface area contributed by atoms with Crippen molar-refractivity contribution >= 4 is 29.2 Å². The predicted molar refractivity (Wildman–Crippen MR) is 121 cm³/mol. The van der Waals surface area contributed by atoms with E-state index < -0.39 is 64.2 Å². The number of urea groups is 1. The van der Waals surface area contributed by atoms with Crippen LogP contribution in [0.4, 0.5) is 29.3 Å². The zero-order chi connectivity index (χ0) is 26.0. The normalized spacial score (nSPS) is 30.8. The average molecular weight is 498 g/mol. The number of benzene rings is 2. The number of carbonyl (C=O) groups is 3. The van der Waals surface area contributed by atoms with Gasteiger partial charge in [-0.2, -0.15) is 18.4 Å². The number of rotatable bonds is 3. The second-order valence-corrected chi connectivity index (χ2v) is 9.63. The van der Waals surface area contributed by atoms with E-state index in [-0.39, 0.29) is 12.1 Å². The number of ether oxygens (including phenoxy) is 1. The Morgan fingerprint density at radius 1 is 1.11 bits per heavy atom. The van der Waals surface area contributed by atoms with Gasteiger partial charge in [0.05, 0.1) is 52.0 Å². The first-order valence-corrected chi connectivity index (χ1v) is 11.2. The number of fused-ring (bicyclic) bond motifs is 5. The summed E-state index contributed by atoms with van der Waals surface area (Å²) in [5, 5.41) is 14.6. The third-order valence-electron chi connectivity index (χ3n) is 7.36. The molecule has 2 aromatic rings. The second kappa shape index (κ2) is 7.80. The smallest absolute Gasteiger partial charge is 0.365 e. The molecule has 0 saturated carbocycles. The Kier molecular flexibility index (Phi) is 5.16. The fourth-order valence-electron chi connectivity index (χ4n) is 5.85. The highest BCUT2D eigenvalue weighted by Crippen LogP contribution is 2.61. The maximum atomic E-state index is 13.5. The molecule has 186 valence electrons. The van der Waals surface area contributed by atoms with Crippen LogP contribution in [-0.4, -0.2) is 35.1 Å². The zero-order valence-electron chi connectivity index (χ0n) is 19.2. The summed E-state index contributed by atoms with van der Waals surface area (Å²) in [6.07, 6.45) is -4.61. The van der Waals surface area contributed by atoms with Crippen LogP contribution in [-0.2, 0) is 20.5 Å². The molecule has 5 atom stereocenters. The van der Waals surface area contributed by atoms with E-state index in [0.29, 0.717) is 11.8 Å². The molecule has 4 amide bonds. The van der Waals surface area contributed by atoms with Gasteiger partial charge in [-0.25, -0.2) is 9.69 Å². The fraction of sp³-hybridized carbons (Fsp3) is 0.360. The van der Waals surface area contributed by atoms with Gasteiger partial charge in [0.25, 0.3) is 0 Å². The topological polar surface area (TPSA) is 112 Å². The summed E-state index contributed by atoms with van der Waals surface area (Å²) in [6.45, 7) is 3.30. The molecule has 36 heavy (non-hydrogen) atoms. The summed E-state index contributed by atoms with van der Waals surface area (Å²) in [5.41, 5.74) is -3.90. The largest absolute Gasteiger partial charge is 0.417 e. The number of nitriles is 1. The van der Waals surface area contributed by atoms with Gasteiger partial charge in [0.15, 0.2) is 0 Å². The van der Waals surface area contributed by atoms with Crippen molar-refractivity contribution in [3.05, 3.63) is 59.7 Å². The lowest BCUT2D eigenvalue weighted by atomic mass is 9.66. The quantitative estimate of drug-likeness (QED) is 0.625. The van der Waals surface area contributed by atoms with Gasteiger partial charge in [-0.05, 0) is 44.2 Å². The van der Waals surface area contributed by atoms with E-state index in [4.69, 9.17) is 10.00 Å². The number of carbonyl (C=O) groups excluding carboxylic acids is 3. The third kappa shape index (κ3) is 3.44. The zero-order valence-corrected chi connectivity index (χ0v) is 19.2. The molecular weight excluding hydrogens is 477 g/mol. The van der Waals surface area contributed by atoms with E-state index in [1.807, 2.05) is 0 Å². The van der Waals surface area contributed by atoms with E-state index in [1.165, 1.54) is 6.07 Å². The molecule has 3 saturated heterocycles. The first-order chi connectivity index (χ1) is 16.9. The first kappa shape index (κ1) is 23.8. The molecule has 0 aromatic heterocycles. The van der Waals surface area contributed by atoms with Crippen molar-refractivity contribution < 1.29 is 32.3 Å². The van der Waals surface area contributed by atoms with Crippen LogP contribution in [0.3, 0.4) is 0 Å². The SMILES string of the molecule is CC12CC(NC(=O)Nc3ccccc3)C(C)(O1)[C@@H]1C(=O)N(c3ccc(C#N)c(C(F)(F)F)c3)C(=O)[C@@H]12. The second-order valence-electron chi connectivity index (χ2n) is 9.63. The van der Waals surface area contributed by atoms with Gasteiger partial charge in [0.1, 0.15) is 0 Å². The van der Waals surface area contributed by atoms with Crippen LogP contribution in [0.1, 0.15) is 31.4 Å². The molecule has 3 unspecified atom stereocenters. The van der Waals surface area contributed by atoms with Crippen LogP contribution in [0.15, 0.2) is 48.5 Å². The maximum absolute atomic E-state index is 13.5. The molecular formula is C25H21F3N4O4. The number of anilines is 2. The summed E-state index contributed by atoms with van der Waals surface area (Å²) in [4.78, 5) is 40.3. The lowest BCUT2D eigenvalue weighted by molar-refractivity contribution is -0.138. The molecule has 3 heterocycles. The van der Waals surface area contributed by atoms with E-state index >= 15 is 0 Å². The van der Waals surface area contributed by atoms with Gasteiger partial charge in [-0.3, -0.25) is 9.59 Å². The highest BCUT2D eigenvalue weighted by Gasteiger charge is 2.76. The molecule has 3 fully saturated rings. The van der Waals surface area contributed by atoms with Crippen molar-refractivity contribution in [1.29, 1.82) is 5.26 Å². The van der Waals surface area contributed by atoms with Crippen molar-refractivity contribution in [2.45, 2.75) is 43.7 Å². The molecule has 5 rings (SSSR count). The van der Waals surface area contributed by atoms with Crippen LogP contribution in [0, 0.1) is 23.2 Å². The molecule has 0 radical (unpaired) electrons. The number of para-hydroxylation sites is 1. The van der Waals surface area contributed by atoms with Gasteiger partial charge < -0.3 is 15.4 Å². The molecule has 2 N–H and O–H groups in total. The summed E-state index contributed by atoms with van der Waals surface area (Å²) in [5.74, 6) is -3.30. The minimum atomic E-state index is -4.84. The Balaban J connectivity index is 1.44. The van der Waals surface area contributed by atoms with Gasteiger partial charge in [-0.15, -0.1) is 0 Å². The van der Waals surface area contributed by atoms with Crippen molar-refractivity contribution in [2.24, 2.45) is 11.8 Å². The predicted octanol–water partition coefficient (Wildman–Crippen LogP) is 3.82. The summed E-state index contributed by atoms with van der Waals surface area (Å²) >= 11 is 0. The molecule has 2 aromatic carbocycles. The van der Waals surface area contributed by atoms with Gasteiger partial charge in [-0.1, -0.05) is 18.2 Å². The number of halogens is 3. The molecule has 0 spiro atoms. The molecule has 3 aliphatic rings. The number of hydrogen-bond donors (Lipinski definition) is 2. The highest BCUT2D eigenvalue weighted by atomic mass is 19.4. The average Bonchev–Trinajstić information content (AvgIpc) is 3.33. The molecule has 0 aliphatic carbocycles. The summed E-state index contributed by atoms with van der Waals surface area (Å²) < 4.78 is 46.7. The minimum Gasteiger partial charge on any atom is -0.365 e. The van der Waals surface area contributed by atoms with Gasteiger partial charge >= 0.3 is 12.2 Å². The number of nitrogens with one attached hydrogen (secondary N) is 2. The van der Waals surface area contributed by atoms with Crippen molar-refractivity contribution in [3.63, 3.8) is 0 Å². The number of amides is 4. The third-order valence-corrected chi connectivity index (χ3v) is 7.36. The Morgan fingerprint density at radius 3 is 2.42 bits per heavy atom. The Hall–Kier alpha value is -3.91. The Labute approximate surface area is 204 Å². The van der Waals surface area contributed by atoms with Crippen molar-refractivity contribution in [3.8, 4) is 6.07 Å². The number of imide groups is 1. The monoisotopic (exact) mass is 498 g/mol. The number of nitrogens with zero attached hydrogens (tertiary/aromatic N) is 2. The highest BCUT2D eigenvalue weighted by molar-refractivity contribution is 6.23. The molecule has 3 aliphatic heterocycles. The van der Waals surface area contributed by atoms with Gasteiger partial charge in [0.2, 0.25) is 11.8 Å². The van der Waals surface area contributed by atoms with E-state index in [1.54, 1.807) is 44.2 Å². The summed E-state index contributed by atoms with van der Waals surface area (Å²) in [7, 11) is 0. The van der Waals surface area contributed by atoms with E-state index in [9.17, 15) is 27.6 Å². The van der Waals surface area contributed by atoms with Crippen molar-refractivity contribution in [2.75, 3.05) is 10.2 Å². The van der Waals surface area contributed by atoms with E-state index in [2.05, 4.69) is 10.6 Å². The molecule has 2 bridgehead atoms. The number of hydrogen-bond acceptors (Lipinski definition) is 5. The fourth-order valence-corrected chi connectivity index (χ4v) is 5.85. The lowest BCUT2D eigenvalue weighted by Crippen LogP contribution is -2.57. The standard InChI is InChI=1S/C25H21F3N4O4/c1-23-11-17(31-22(35)30-14-6-4-3-5-7-14)24(2,36-23)19-18(23)20(33)32(21(19)34)15-9-8-13(12-29)16(10-15)25(26,27)28/h3-10,17-19H,11H2,1-2H3,(H2,30,31,35)/t17?,18-,19+,23?,24?/m1/s1. The lowest BCUT2D eigenvalue weighted by Gasteiger charge is -2.35. The van der Waals surface area contributed by atoms with Crippen LogP contribution < -0.4 is 15.5 Å².